The topological polar surface area (TPSA) is 0 Å². The fraction of sp³-hybridized carbons (Fsp3) is 1.00. The third-order valence-corrected chi connectivity index (χ3v) is 9.16. The Bertz CT molecular complexity index is 397. The highest BCUT2D eigenvalue weighted by Gasteiger charge is 2.48. The largest absolute Gasteiger partial charge is 0.0530 e. The van der Waals surface area contributed by atoms with Gasteiger partial charge < -0.3 is 0 Å². The van der Waals surface area contributed by atoms with Gasteiger partial charge in [0.1, 0.15) is 0 Å². The van der Waals surface area contributed by atoms with Crippen LogP contribution in [-0.2, 0) is 0 Å². The Morgan fingerprint density at radius 1 is 0.318 bits per heavy atom. The van der Waals surface area contributed by atoms with E-state index in [1.54, 1.807) is 89.9 Å². The van der Waals surface area contributed by atoms with Crippen LogP contribution >= 0.6 is 0 Å². The van der Waals surface area contributed by atoms with Crippen molar-refractivity contribution in [2.24, 2.45) is 47.3 Å². The summed E-state index contributed by atoms with van der Waals surface area (Å²) in [6, 6.07) is 0. The lowest BCUT2D eigenvalue weighted by molar-refractivity contribution is -0.0490. The van der Waals surface area contributed by atoms with Crippen LogP contribution in [0.15, 0.2) is 0 Å². The van der Waals surface area contributed by atoms with Crippen molar-refractivity contribution in [2.75, 3.05) is 0 Å². The predicted molar refractivity (Wildman–Crippen MR) is 92.6 cm³/mol. The minimum Gasteiger partial charge on any atom is -0.0530 e. The van der Waals surface area contributed by atoms with Gasteiger partial charge in [0.25, 0.3) is 0 Å². The Morgan fingerprint density at radius 3 is 1.64 bits per heavy atom. The lowest BCUT2D eigenvalue weighted by Crippen LogP contribution is -2.46. The normalized spacial score (nSPS) is 54.5. The van der Waals surface area contributed by atoms with E-state index in [4.69, 9.17) is 0 Å². The van der Waals surface area contributed by atoms with E-state index in [0.29, 0.717) is 0 Å². The lowest BCUT2D eigenvalue weighted by atomic mass is 9.50. The van der Waals surface area contributed by atoms with Crippen molar-refractivity contribution in [3.8, 4) is 0 Å². The molecule has 8 atom stereocenters. The van der Waals surface area contributed by atoms with Crippen LogP contribution in [0.2, 0.25) is 0 Å². The quantitative estimate of drug-likeness (QED) is 0.482. The maximum atomic E-state index is 1.67. The molecule has 0 aromatic carbocycles. The van der Waals surface area contributed by atoms with Crippen molar-refractivity contribution >= 4 is 0 Å². The van der Waals surface area contributed by atoms with Gasteiger partial charge in [-0.15, -0.1) is 0 Å². The number of hydrogen-bond donors (Lipinski definition) is 0. The summed E-state index contributed by atoms with van der Waals surface area (Å²) in [5.74, 6) is 9.24. The summed E-state index contributed by atoms with van der Waals surface area (Å²) in [4.78, 5) is 0. The van der Waals surface area contributed by atoms with Gasteiger partial charge in [-0.2, -0.15) is 0 Å². The van der Waals surface area contributed by atoms with Gasteiger partial charge in [-0.25, -0.2) is 0 Å². The molecule has 5 fully saturated rings. The number of rotatable bonds is 0. The predicted octanol–water partition coefficient (Wildman–Crippen LogP) is 6.45. The Balaban J connectivity index is 1.32. The summed E-state index contributed by atoms with van der Waals surface area (Å²) in [6.45, 7) is 0. The van der Waals surface area contributed by atoms with E-state index in [1.165, 1.54) is 5.92 Å². The zero-order chi connectivity index (χ0) is 14.5. The summed E-state index contributed by atoms with van der Waals surface area (Å²) >= 11 is 0. The van der Waals surface area contributed by atoms with Crippen LogP contribution in [-0.4, -0.2) is 0 Å². The third kappa shape index (κ3) is 2.39. The van der Waals surface area contributed by atoms with E-state index in [9.17, 15) is 0 Å². The molecule has 124 valence electrons. The van der Waals surface area contributed by atoms with Crippen molar-refractivity contribution in [1.29, 1.82) is 0 Å². The minimum atomic E-state index is 1.15. The second-order valence-electron chi connectivity index (χ2n) is 9.98. The summed E-state index contributed by atoms with van der Waals surface area (Å²) in [6.07, 6.45) is 22.4. The number of fused-ring (bicyclic) bond motifs is 5. The molecular weight excluding hydrogens is 264 g/mol. The van der Waals surface area contributed by atoms with Gasteiger partial charge >= 0.3 is 0 Å². The first kappa shape index (κ1) is 14.4. The first-order valence-electron chi connectivity index (χ1n) is 10.9. The number of hydrogen-bond acceptors (Lipinski definition) is 0. The molecule has 8 unspecified atom stereocenters. The maximum absolute atomic E-state index is 1.67. The zero-order valence-electron chi connectivity index (χ0n) is 14.5. The molecule has 5 aliphatic rings. The minimum absolute atomic E-state index is 1.15. The molecule has 0 aromatic heterocycles. The molecule has 0 aromatic rings. The molecule has 0 heteroatoms. The van der Waals surface area contributed by atoms with Crippen LogP contribution < -0.4 is 0 Å². The average molecular weight is 301 g/mol. The van der Waals surface area contributed by atoms with E-state index < -0.39 is 0 Å². The lowest BCUT2D eigenvalue weighted by Gasteiger charge is -2.55. The highest BCUT2D eigenvalue weighted by Crippen LogP contribution is 2.58. The maximum Gasteiger partial charge on any atom is -0.0352 e. The highest BCUT2D eigenvalue weighted by atomic mass is 14.5. The molecule has 0 nitrogen and oxygen atoms in total. The standard InChI is InChI=1S/C22H36/c1-2-7-17-12-20-14-22-18(13-19(20)11-16(17)6-1)10-9-15-5-3-4-8-21(15)22/h15-22H,1-14H2. The van der Waals surface area contributed by atoms with E-state index in [2.05, 4.69) is 0 Å². The van der Waals surface area contributed by atoms with Gasteiger partial charge in [-0.3, -0.25) is 0 Å². The second-order valence-corrected chi connectivity index (χ2v) is 9.98. The van der Waals surface area contributed by atoms with E-state index >= 15 is 0 Å². The second kappa shape index (κ2) is 5.82. The molecule has 0 heterocycles. The van der Waals surface area contributed by atoms with Gasteiger partial charge in [0.15, 0.2) is 0 Å². The molecule has 0 amide bonds. The van der Waals surface area contributed by atoms with Crippen LogP contribution in [0, 0.1) is 47.3 Å². The first-order valence-corrected chi connectivity index (χ1v) is 10.9. The van der Waals surface area contributed by atoms with Crippen molar-refractivity contribution in [3.63, 3.8) is 0 Å². The smallest absolute Gasteiger partial charge is 0.0352 e. The average Bonchev–Trinajstić information content (AvgIpc) is 2.58. The van der Waals surface area contributed by atoms with Crippen LogP contribution in [0.3, 0.4) is 0 Å². The van der Waals surface area contributed by atoms with Gasteiger partial charge in [-0.05, 0) is 92.3 Å². The molecule has 5 saturated carbocycles. The van der Waals surface area contributed by atoms with Crippen LogP contribution in [0.1, 0.15) is 89.9 Å². The Kier molecular flexibility index (Phi) is 3.79. The van der Waals surface area contributed by atoms with E-state index in [-0.39, 0.29) is 0 Å². The molecule has 0 aliphatic heterocycles. The molecule has 0 radical (unpaired) electrons. The summed E-state index contributed by atoms with van der Waals surface area (Å²) in [7, 11) is 0. The third-order valence-electron chi connectivity index (χ3n) is 9.16. The summed E-state index contributed by atoms with van der Waals surface area (Å²) in [5, 5.41) is 0. The van der Waals surface area contributed by atoms with E-state index in [1.807, 2.05) is 0 Å². The van der Waals surface area contributed by atoms with Crippen LogP contribution in [0.25, 0.3) is 0 Å². The molecule has 0 saturated heterocycles. The van der Waals surface area contributed by atoms with Crippen molar-refractivity contribution in [3.05, 3.63) is 0 Å². The summed E-state index contributed by atoms with van der Waals surface area (Å²) < 4.78 is 0. The first-order chi connectivity index (χ1) is 10.9. The molecular formula is C22H36. The molecule has 22 heavy (non-hydrogen) atoms. The van der Waals surface area contributed by atoms with Crippen LogP contribution in [0.5, 0.6) is 0 Å². The van der Waals surface area contributed by atoms with Crippen molar-refractivity contribution in [1.82, 2.24) is 0 Å². The van der Waals surface area contributed by atoms with Gasteiger partial charge in [0.05, 0.1) is 0 Å². The molecule has 5 rings (SSSR count). The monoisotopic (exact) mass is 300 g/mol. The molecule has 0 N–H and O–H groups in total. The van der Waals surface area contributed by atoms with Gasteiger partial charge in [-0.1, -0.05) is 44.9 Å². The Morgan fingerprint density at radius 2 is 0.864 bits per heavy atom. The van der Waals surface area contributed by atoms with Crippen LogP contribution in [0.4, 0.5) is 0 Å². The fourth-order valence-electron chi connectivity index (χ4n) is 8.19. The highest BCUT2D eigenvalue weighted by molar-refractivity contribution is 4.98. The molecule has 0 bridgehead atoms. The summed E-state index contributed by atoms with van der Waals surface area (Å²) in [5.41, 5.74) is 0. The zero-order valence-corrected chi connectivity index (χ0v) is 14.5. The van der Waals surface area contributed by atoms with E-state index in [0.717, 1.165) is 41.4 Å². The molecule has 0 spiro atoms. The van der Waals surface area contributed by atoms with Crippen molar-refractivity contribution < 1.29 is 0 Å². The van der Waals surface area contributed by atoms with Crippen molar-refractivity contribution in [2.45, 2.75) is 89.9 Å². The SMILES string of the molecule is C1CCC2CC3CC4C(CCC5CCCCC54)CC3CC2C1. The van der Waals surface area contributed by atoms with Gasteiger partial charge in [0.2, 0.25) is 0 Å². The van der Waals surface area contributed by atoms with Gasteiger partial charge in [0, 0.05) is 0 Å². The fourth-order valence-corrected chi connectivity index (χ4v) is 8.19. The Labute approximate surface area is 137 Å². The Hall–Kier alpha value is 0. The molecule has 5 aliphatic carbocycles.